The lowest BCUT2D eigenvalue weighted by molar-refractivity contribution is -0.109. The van der Waals surface area contributed by atoms with E-state index in [0.29, 0.717) is 6.54 Å². The zero-order chi connectivity index (χ0) is 16.0. The molecule has 0 fully saturated rings. The van der Waals surface area contributed by atoms with E-state index in [4.69, 9.17) is 4.98 Å². The number of nitrogens with one attached hydrogen (secondary N) is 2. The summed E-state index contributed by atoms with van der Waals surface area (Å²) in [6, 6.07) is 4.22. The Bertz CT molecular complexity index is 853. The number of benzene rings is 1. The zero-order valence-corrected chi connectivity index (χ0v) is 13.3. The fourth-order valence-electron chi connectivity index (χ4n) is 3.19. The van der Waals surface area contributed by atoms with Crippen LogP contribution >= 0.6 is 0 Å². The highest BCUT2D eigenvalue weighted by Gasteiger charge is 2.24. The third-order valence-corrected chi connectivity index (χ3v) is 4.67. The summed E-state index contributed by atoms with van der Waals surface area (Å²) in [5.74, 6) is 0.787. The minimum absolute atomic E-state index is 0.461. The third-order valence-electron chi connectivity index (χ3n) is 4.67. The lowest BCUT2D eigenvalue weighted by Gasteiger charge is -2.24. The molecule has 1 aliphatic heterocycles. The number of nitrogens with zero attached hydrogens (tertiary/aromatic N) is 3. The van der Waals surface area contributed by atoms with E-state index < -0.39 is 0 Å². The second-order valence-corrected chi connectivity index (χ2v) is 6.22. The number of aromatic amines is 2. The number of aryl methyl sites for hydroxylation is 2. The van der Waals surface area contributed by atoms with Gasteiger partial charge in [-0.1, -0.05) is 0 Å². The molecule has 0 aliphatic carbocycles. The number of carbonyl (C=O) groups is 1. The molecule has 6 heteroatoms. The molecule has 0 amide bonds. The predicted molar refractivity (Wildman–Crippen MR) is 88.2 cm³/mol. The Hall–Kier alpha value is -2.47. The predicted octanol–water partition coefficient (Wildman–Crippen LogP) is 2.13. The van der Waals surface area contributed by atoms with E-state index in [2.05, 4.69) is 46.1 Å². The van der Waals surface area contributed by atoms with Gasteiger partial charge in [-0.25, -0.2) is 4.98 Å². The van der Waals surface area contributed by atoms with Crippen LogP contribution in [0.3, 0.4) is 0 Å². The first kappa shape index (κ1) is 14.1. The SMILES string of the molecule is Cc1cc2nc(-c3n[nH]c4c3CN(CC=O)CC4)[nH]c2cc1C. The number of hydrogen-bond donors (Lipinski definition) is 2. The van der Waals surface area contributed by atoms with Gasteiger partial charge in [0.25, 0.3) is 0 Å². The van der Waals surface area contributed by atoms with Crippen molar-refractivity contribution in [3.05, 3.63) is 34.5 Å². The highest BCUT2D eigenvalue weighted by atomic mass is 16.1. The summed E-state index contributed by atoms with van der Waals surface area (Å²) in [4.78, 5) is 21.0. The van der Waals surface area contributed by atoms with Crippen molar-refractivity contribution in [1.82, 2.24) is 25.1 Å². The fourth-order valence-corrected chi connectivity index (χ4v) is 3.19. The number of aldehydes is 1. The van der Waals surface area contributed by atoms with Crippen molar-refractivity contribution in [2.24, 2.45) is 0 Å². The molecule has 0 bridgehead atoms. The van der Waals surface area contributed by atoms with Crippen molar-refractivity contribution in [2.75, 3.05) is 13.1 Å². The van der Waals surface area contributed by atoms with Gasteiger partial charge in [-0.2, -0.15) is 5.10 Å². The molecule has 0 saturated carbocycles. The molecule has 3 aromatic rings. The zero-order valence-electron chi connectivity index (χ0n) is 13.3. The molecule has 4 rings (SSSR count). The second kappa shape index (κ2) is 5.31. The minimum atomic E-state index is 0.461. The average Bonchev–Trinajstić information content (AvgIpc) is 3.11. The van der Waals surface area contributed by atoms with Crippen LogP contribution in [0.2, 0.25) is 0 Å². The summed E-state index contributed by atoms with van der Waals surface area (Å²) >= 11 is 0. The van der Waals surface area contributed by atoms with Gasteiger partial charge in [0, 0.05) is 30.8 Å². The molecular formula is C17H19N5O. The lowest BCUT2D eigenvalue weighted by atomic mass is 10.1. The normalized spacial score (nSPS) is 15.0. The number of fused-ring (bicyclic) bond motifs is 2. The molecule has 2 aromatic heterocycles. The first-order chi connectivity index (χ1) is 11.2. The molecule has 1 aliphatic rings. The number of rotatable bonds is 3. The first-order valence-corrected chi connectivity index (χ1v) is 7.85. The number of H-pyrrole nitrogens is 2. The molecule has 0 unspecified atom stereocenters. The van der Waals surface area contributed by atoms with E-state index >= 15 is 0 Å². The third kappa shape index (κ3) is 2.35. The maximum atomic E-state index is 10.8. The molecule has 3 heterocycles. The molecule has 23 heavy (non-hydrogen) atoms. The van der Waals surface area contributed by atoms with Gasteiger partial charge < -0.3 is 9.78 Å². The summed E-state index contributed by atoms with van der Waals surface area (Å²) in [7, 11) is 0. The highest BCUT2D eigenvalue weighted by molar-refractivity contribution is 5.81. The van der Waals surface area contributed by atoms with Crippen LogP contribution in [-0.2, 0) is 17.8 Å². The van der Waals surface area contributed by atoms with Crippen LogP contribution in [0.25, 0.3) is 22.6 Å². The Labute approximate surface area is 133 Å². The van der Waals surface area contributed by atoms with Gasteiger partial charge in [-0.15, -0.1) is 0 Å². The van der Waals surface area contributed by atoms with Gasteiger partial charge in [-0.3, -0.25) is 10.00 Å². The van der Waals surface area contributed by atoms with Crippen molar-refractivity contribution >= 4 is 17.3 Å². The van der Waals surface area contributed by atoms with Crippen LogP contribution in [0.1, 0.15) is 22.4 Å². The molecule has 0 radical (unpaired) electrons. The molecule has 2 N–H and O–H groups in total. The molecule has 118 valence electrons. The Morgan fingerprint density at radius 3 is 2.96 bits per heavy atom. The van der Waals surface area contributed by atoms with Crippen LogP contribution in [0.15, 0.2) is 12.1 Å². The van der Waals surface area contributed by atoms with Crippen LogP contribution in [0.4, 0.5) is 0 Å². The van der Waals surface area contributed by atoms with Gasteiger partial charge in [0.15, 0.2) is 5.82 Å². The quantitative estimate of drug-likeness (QED) is 0.727. The highest BCUT2D eigenvalue weighted by Crippen LogP contribution is 2.28. The van der Waals surface area contributed by atoms with Crippen molar-refractivity contribution in [3.8, 4) is 11.5 Å². The summed E-state index contributed by atoms with van der Waals surface area (Å²) in [5.41, 5.74) is 7.62. The van der Waals surface area contributed by atoms with E-state index in [1.165, 1.54) is 11.1 Å². The van der Waals surface area contributed by atoms with Gasteiger partial charge in [0.1, 0.15) is 12.0 Å². The minimum Gasteiger partial charge on any atom is -0.337 e. The largest absolute Gasteiger partial charge is 0.337 e. The monoisotopic (exact) mass is 309 g/mol. The molecular weight excluding hydrogens is 290 g/mol. The average molecular weight is 309 g/mol. The van der Waals surface area contributed by atoms with E-state index in [0.717, 1.165) is 59.6 Å². The molecule has 0 spiro atoms. The second-order valence-electron chi connectivity index (χ2n) is 6.22. The van der Waals surface area contributed by atoms with Crippen molar-refractivity contribution < 1.29 is 4.79 Å². The van der Waals surface area contributed by atoms with Crippen LogP contribution in [-0.4, -0.2) is 44.4 Å². The lowest BCUT2D eigenvalue weighted by Crippen LogP contribution is -2.31. The summed E-state index contributed by atoms with van der Waals surface area (Å²) in [6.07, 6.45) is 1.84. The first-order valence-electron chi connectivity index (χ1n) is 7.85. The smallest absolute Gasteiger partial charge is 0.159 e. The van der Waals surface area contributed by atoms with Crippen molar-refractivity contribution in [2.45, 2.75) is 26.8 Å². The van der Waals surface area contributed by atoms with Gasteiger partial charge in [0.2, 0.25) is 0 Å². The van der Waals surface area contributed by atoms with Crippen molar-refractivity contribution in [1.29, 1.82) is 0 Å². The van der Waals surface area contributed by atoms with Crippen molar-refractivity contribution in [3.63, 3.8) is 0 Å². The number of imidazole rings is 1. The topological polar surface area (TPSA) is 77.7 Å². The van der Waals surface area contributed by atoms with E-state index in [9.17, 15) is 4.79 Å². The van der Waals surface area contributed by atoms with Crippen LogP contribution in [0.5, 0.6) is 0 Å². The van der Waals surface area contributed by atoms with E-state index in [-0.39, 0.29) is 0 Å². The Morgan fingerprint density at radius 2 is 2.13 bits per heavy atom. The standard InChI is InChI=1S/C17H19N5O/c1-10-7-14-15(8-11(10)2)19-17(18-14)16-12-9-22(5-6-23)4-3-13(12)20-21-16/h6-8H,3-5,9H2,1-2H3,(H,18,19)(H,20,21). The number of carbonyl (C=O) groups excluding carboxylic acids is 1. The summed E-state index contributed by atoms with van der Waals surface area (Å²) in [5, 5.41) is 7.60. The van der Waals surface area contributed by atoms with Gasteiger partial charge >= 0.3 is 0 Å². The number of aromatic nitrogens is 4. The summed E-state index contributed by atoms with van der Waals surface area (Å²) < 4.78 is 0. The maximum absolute atomic E-state index is 10.8. The van der Waals surface area contributed by atoms with E-state index in [1.807, 2.05) is 0 Å². The molecule has 0 atom stereocenters. The van der Waals surface area contributed by atoms with Gasteiger partial charge in [-0.05, 0) is 37.1 Å². The fraction of sp³-hybridized carbons (Fsp3) is 0.353. The Morgan fingerprint density at radius 1 is 1.30 bits per heavy atom. The van der Waals surface area contributed by atoms with Crippen LogP contribution < -0.4 is 0 Å². The Balaban J connectivity index is 1.77. The number of hydrogen-bond acceptors (Lipinski definition) is 4. The molecule has 6 nitrogen and oxygen atoms in total. The maximum Gasteiger partial charge on any atom is 0.159 e. The summed E-state index contributed by atoms with van der Waals surface area (Å²) in [6.45, 7) is 6.27. The van der Waals surface area contributed by atoms with Gasteiger partial charge in [0.05, 0.1) is 17.6 Å². The molecule has 1 aromatic carbocycles. The Kier molecular flexibility index (Phi) is 3.27. The molecule has 0 saturated heterocycles. The van der Waals surface area contributed by atoms with E-state index in [1.54, 1.807) is 0 Å². The van der Waals surface area contributed by atoms with Crippen LogP contribution in [0, 0.1) is 13.8 Å².